The Morgan fingerprint density at radius 3 is 2.71 bits per heavy atom. The molecule has 24 heavy (non-hydrogen) atoms. The van der Waals surface area contributed by atoms with Gasteiger partial charge in [-0.05, 0) is 42.8 Å². The summed E-state index contributed by atoms with van der Waals surface area (Å²) in [5, 5.41) is 9.81. The van der Waals surface area contributed by atoms with E-state index in [0.29, 0.717) is 12.2 Å². The topological polar surface area (TPSA) is 110 Å². The summed E-state index contributed by atoms with van der Waals surface area (Å²) in [5.41, 5.74) is 0.954. The number of benzene rings is 1. The van der Waals surface area contributed by atoms with Gasteiger partial charge in [-0.25, -0.2) is 8.42 Å². The molecule has 0 radical (unpaired) electrons. The van der Waals surface area contributed by atoms with Crippen LogP contribution in [0.5, 0.6) is 5.75 Å². The Labute approximate surface area is 139 Å². The van der Waals surface area contributed by atoms with Gasteiger partial charge in [-0.1, -0.05) is 0 Å². The number of fused-ring (bicyclic) bond motifs is 1. The number of ether oxygens (including phenoxy) is 1. The third kappa shape index (κ3) is 3.16. The minimum absolute atomic E-state index is 0.0350. The standard InChI is InChI=1S/C15H16N4O4S/c1-9-7-10-8-11(3-5-13(10)23-9)24(21,22)19-14-6-4-12(17-18-14)15(20)16-2/h3-6,8-9H,7H2,1-2H3,(H,16,20)(H,18,19). The molecule has 0 fully saturated rings. The Morgan fingerprint density at radius 2 is 2.04 bits per heavy atom. The zero-order valence-electron chi connectivity index (χ0n) is 13.1. The van der Waals surface area contributed by atoms with Crippen molar-refractivity contribution in [2.75, 3.05) is 11.8 Å². The molecule has 0 saturated heterocycles. The van der Waals surface area contributed by atoms with Crippen molar-refractivity contribution in [3.05, 3.63) is 41.6 Å². The molecule has 0 aliphatic carbocycles. The highest BCUT2D eigenvalue weighted by Gasteiger charge is 2.23. The zero-order chi connectivity index (χ0) is 17.3. The highest BCUT2D eigenvalue weighted by atomic mass is 32.2. The molecule has 1 aromatic carbocycles. The molecule has 9 heteroatoms. The van der Waals surface area contributed by atoms with Gasteiger partial charge in [-0.3, -0.25) is 9.52 Å². The molecule has 1 aliphatic heterocycles. The van der Waals surface area contributed by atoms with Gasteiger partial charge in [0.15, 0.2) is 11.5 Å². The molecule has 8 nitrogen and oxygen atoms in total. The summed E-state index contributed by atoms with van der Waals surface area (Å²) in [7, 11) is -2.33. The summed E-state index contributed by atoms with van der Waals surface area (Å²) in [5.74, 6) is 0.341. The second-order valence-electron chi connectivity index (χ2n) is 5.39. The van der Waals surface area contributed by atoms with Crippen molar-refractivity contribution >= 4 is 21.7 Å². The molecular weight excluding hydrogens is 332 g/mol. The maximum Gasteiger partial charge on any atom is 0.271 e. The Kier molecular flexibility index (Phi) is 4.10. The number of nitrogens with zero attached hydrogens (tertiary/aromatic N) is 2. The number of carbonyl (C=O) groups excluding carboxylic acids is 1. The minimum atomic E-state index is -3.80. The first-order chi connectivity index (χ1) is 11.4. The van der Waals surface area contributed by atoms with Gasteiger partial charge in [0.25, 0.3) is 15.9 Å². The SMILES string of the molecule is CNC(=O)c1ccc(NS(=O)(=O)c2ccc3c(c2)CC(C)O3)nn1. The first kappa shape index (κ1) is 16.2. The van der Waals surface area contributed by atoms with Crippen molar-refractivity contribution < 1.29 is 17.9 Å². The first-order valence-corrected chi connectivity index (χ1v) is 8.75. The molecule has 1 atom stereocenters. The van der Waals surface area contributed by atoms with Crippen LogP contribution < -0.4 is 14.8 Å². The van der Waals surface area contributed by atoms with Crippen LogP contribution in [0.4, 0.5) is 5.82 Å². The van der Waals surface area contributed by atoms with Crippen LogP contribution >= 0.6 is 0 Å². The number of anilines is 1. The summed E-state index contributed by atoms with van der Waals surface area (Å²) >= 11 is 0. The summed E-state index contributed by atoms with van der Waals surface area (Å²) in [6.07, 6.45) is 0.702. The number of aromatic nitrogens is 2. The fourth-order valence-corrected chi connectivity index (χ4v) is 3.44. The van der Waals surface area contributed by atoms with Crippen LogP contribution in [0.25, 0.3) is 0 Å². The van der Waals surface area contributed by atoms with Crippen LogP contribution in [0.15, 0.2) is 35.2 Å². The minimum Gasteiger partial charge on any atom is -0.490 e. The smallest absolute Gasteiger partial charge is 0.271 e. The van der Waals surface area contributed by atoms with Gasteiger partial charge in [0.1, 0.15) is 11.9 Å². The lowest BCUT2D eigenvalue weighted by Gasteiger charge is -2.08. The van der Waals surface area contributed by atoms with Crippen LogP contribution in [0.3, 0.4) is 0 Å². The molecule has 1 aliphatic rings. The Hall–Kier alpha value is -2.68. The highest BCUT2D eigenvalue weighted by Crippen LogP contribution is 2.31. The van der Waals surface area contributed by atoms with E-state index in [0.717, 1.165) is 5.56 Å². The van der Waals surface area contributed by atoms with E-state index in [1.165, 1.54) is 25.2 Å². The predicted molar refractivity (Wildman–Crippen MR) is 86.5 cm³/mol. The van der Waals surface area contributed by atoms with Crippen molar-refractivity contribution in [1.29, 1.82) is 0 Å². The van der Waals surface area contributed by atoms with Crippen LogP contribution in [0.1, 0.15) is 23.0 Å². The average molecular weight is 348 g/mol. The molecule has 2 N–H and O–H groups in total. The van der Waals surface area contributed by atoms with Crippen LogP contribution in [-0.2, 0) is 16.4 Å². The fraction of sp³-hybridized carbons (Fsp3) is 0.267. The van der Waals surface area contributed by atoms with Crippen LogP contribution in [0.2, 0.25) is 0 Å². The molecule has 0 saturated carbocycles. The summed E-state index contributed by atoms with van der Waals surface area (Å²) < 4.78 is 32.8. The Balaban J connectivity index is 1.82. The first-order valence-electron chi connectivity index (χ1n) is 7.27. The van der Waals surface area contributed by atoms with E-state index >= 15 is 0 Å². The Morgan fingerprint density at radius 1 is 1.25 bits per heavy atom. The number of hydrogen-bond acceptors (Lipinski definition) is 6. The van der Waals surface area contributed by atoms with Crippen molar-refractivity contribution in [3.8, 4) is 5.75 Å². The number of hydrogen-bond donors (Lipinski definition) is 2. The lowest BCUT2D eigenvalue weighted by molar-refractivity contribution is 0.0957. The third-order valence-corrected chi connectivity index (χ3v) is 4.89. The van der Waals surface area contributed by atoms with Crippen molar-refractivity contribution in [3.63, 3.8) is 0 Å². The molecule has 0 bridgehead atoms. The molecule has 0 spiro atoms. The number of rotatable bonds is 4. The van der Waals surface area contributed by atoms with E-state index in [1.54, 1.807) is 12.1 Å². The third-order valence-electron chi connectivity index (χ3n) is 3.54. The molecule has 2 heterocycles. The number of sulfonamides is 1. The van der Waals surface area contributed by atoms with Crippen LogP contribution in [-0.4, -0.2) is 37.7 Å². The maximum atomic E-state index is 12.5. The molecular formula is C15H16N4O4S. The number of amides is 1. The monoisotopic (exact) mass is 348 g/mol. The highest BCUT2D eigenvalue weighted by molar-refractivity contribution is 7.92. The summed E-state index contributed by atoms with van der Waals surface area (Å²) in [6, 6.07) is 7.49. The van der Waals surface area contributed by atoms with Crippen molar-refractivity contribution in [1.82, 2.24) is 15.5 Å². The van der Waals surface area contributed by atoms with Gasteiger partial charge < -0.3 is 10.1 Å². The quantitative estimate of drug-likeness (QED) is 0.851. The van der Waals surface area contributed by atoms with Gasteiger partial charge in [0.2, 0.25) is 0 Å². The van der Waals surface area contributed by atoms with E-state index in [-0.39, 0.29) is 22.5 Å². The zero-order valence-corrected chi connectivity index (χ0v) is 13.9. The van der Waals surface area contributed by atoms with E-state index < -0.39 is 15.9 Å². The molecule has 126 valence electrons. The van der Waals surface area contributed by atoms with Crippen molar-refractivity contribution in [2.45, 2.75) is 24.3 Å². The molecule has 2 aromatic rings. The number of nitrogens with one attached hydrogen (secondary N) is 2. The van der Waals surface area contributed by atoms with Gasteiger partial charge in [-0.2, -0.15) is 0 Å². The van der Waals surface area contributed by atoms with E-state index in [1.807, 2.05) is 6.92 Å². The Bertz CT molecular complexity index is 881. The molecule has 1 aromatic heterocycles. The molecule has 1 unspecified atom stereocenters. The van der Waals surface area contributed by atoms with Gasteiger partial charge >= 0.3 is 0 Å². The normalized spacial score (nSPS) is 16.2. The van der Waals surface area contributed by atoms with Crippen LogP contribution in [0, 0.1) is 0 Å². The summed E-state index contributed by atoms with van der Waals surface area (Å²) in [4.78, 5) is 11.5. The lowest BCUT2D eigenvalue weighted by atomic mass is 10.1. The van der Waals surface area contributed by atoms with Crippen molar-refractivity contribution in [2.24, 2.45) is 0 Å². The van der Waals surface area contributed by atoms with Gasteiger partial charge in [0, 0.05) is 13.5 Å². The van der Waals surface area contributed by atoms with E-state index in [4.69, 9.17) is 4.74 Å². The molecule has 3 rings (SSSR count). The predicted octanol–water partition coefficient (Wildman–Crippen LogP) is 0.960. The number of carbonyl (C=O) groups is 1. The lowest BCUT2D eigenvalue weighted by Crippen LogP contribution is -2.20. The average Bonchev–Trinajstić information content (AvgIpc) is 2.93. The maximum absolute atomic E-state index is 12.5. The summed E-state index contributed by atoms with van der Waals surface area (Å²) in [6.45, 7) is 1.93. The van der Waals surface area contributed by atoms with E-state index in [9.17, 15) is 13.2 Å². The fourth-order valence-electron chi connectivity index (χ4n) is 2.40. The van der Waals surface area contributed by atoms with E-state index in [2.05, 4.69) is 20.2 Å². The van der Waals surface area contributed by atoms with Gasteiger partial charge in [0.05, 0.1) is 4.90 Å². The molecule has 1 amide bonds. The largest absolute Gasteiger partial charge is 0.490 e. The second kappa shape index (κ2) is 6.08. The van der Waals surface area contributed by atoms with Gasteiger partial charge in [-0.15, -0.1) is 10.2 Å². The second-order valence-corrected chi connectivity index (χ2v) is 7.07.